The fourth-order valence-electron chi connectivity index (χ4n) is 7.89. The van der Waals surface area contributed by atoms with Gasteiger partial charge < -0.3 is 14.8 Å². The number of H-pyrrole nitrogens is 1. The Balaban J connectivity index is 1.55. The van der Waals surface area contributed by atoms with Crippen molar-refractivity contribution >= 4 is 5.69 Å². The number of aliphatic hydroxyl groups is 1. The Kier molecular flexibility index (Phi) is 3.00. The number of pyridine rings is 1. The first-order valence-electron chi connectivity index (χ1n) is 10.0. The van der Waals surface area contributed by atoms with Crippen molar-refractivity contribution in [1.82, 2.24) is 9.88 Å². The van der Waals surface area contributed by atoms with Crippen molar-refractivity contribution in [2.75, 3.05) is 20.7 Å². The molecule has 4 aliphatic carbocycles. The summed E-state index contributed by atoms with van der Waals surface area (Å²) in [6.07, 6.45) is 8.14. The fraction of sp³-hybridized carbons (Fsp3) is 0.571. The molecule has 152 valence electrons. The maximum atomic E-state index is 12.3. The highest BCUT2D eigenvalue weighted by Crippen LogP contribution is 2.78. The molecule has 1 aromatic heterocycles. The van der Waals surface area contributed by atoms with Gasteiger partial charge in [0.05, 0.1) is 17.6 Å². The van der Waals surface area contributed by atoms with Gasteiger partial charge in [-0.2, -0.15) is 0 Å². The predicted molar refractivity (Wildman–Crippen MR) is 103 cm³/mol. The molecule has 0 amide bonds. The second kappa shape index (κ2) is 4.99. The molecule has 3 fully saturated rings. The van der Waals surface area contributed by atoms with Crippen LogP contribution in [0.25, 0.3) is 0 Å². The summed E-state index contributed by atoms with van der Waals surface area (Å²) in [6, 6.07) is 1.38. The van der Waals surface area contributed by atoms with Gasteiger partial charge in [-0.1, -0.05) is 6.08 Å². The van der Waals surface area contributed by atoms with E-state index in [-0.39, 0.29) is 17.4 Å². The van der Waals surface area contributed by atoms with Crippen LogP contribution in [-0.2, 0) is 17.6 Å². The van der Waals surface area contributed by atoms with E-state index in [2.05, 4.69) is 22.0 Å². The first-order chi connectivity index (χ1) is 13.8. The predicted octanol–water partition coefficient (Wildman–Crippen LogP) is 1.15. The Hall–Kier alpha value is -2.45. The van der Waals surface area contributed by atoms with Crippen molar-refractivity contribution < 1.29 is 14.8 Å². The van der Waals surface area contributed by atoms with E-state index >= 15 is 0 Å². The molecule has 2 N–H and O–H groups in total. The van der Waals surface area contributed by atoms with Crippen molar-refractivity contribution in [3.05, 3.63) is 61.8 Å². The molecule has 6 atom stereocenters. The third-order valence-electron chi connectivity index (χ3n) is 8.57. The zero-order valence-corrected chi connectivity index (χ0v) is 16.3. The Bertz CT molecular complexity index is 1090. The largest absolute Gasteiger partial charge is 0.497 e. The molecule has 29 heavy (non-hydrogen) atoms. The van der Waals surface area contributed by atoms with Gasteiger partial charge in [-0.3, -0.25) is 19.8 Å². The average Bonchev–Trinajstić information content (AvgIpc) is 3.04. The number of nitrogens with zero attached hydrogens (tertiary/aromatic N) is 2. The smallest absolute Gasteiger partial charge is 0.334 e. The van der Waals surface area contributed by atoms with Crippen LogP contribution in [0.1, 0.15) is 17.7 Å². The number of methoxy groups -OCH3 is 1. The molecule has 6 rings (SSSR count). The van der Waals surface area contributed by atoms with E-state index in [1.807, 2.05) is 13.1 Å². The lowest BCUT2D eigenvalue weighted by molar-refractivity contribution is -0.386. The maximum absolute atomic E-state index is 12.3. The summed E-state index contributed by atoms with van der Waals surface area (Å²) in [5.41, 5.74) is -1.14. The molecule has 1 aromatic rings. The van der Waals surface area contributed by atoms with Crippen molar-refractivity contribution in [2.45, 2.75) is 30.9 Å². The van der Waals surface area contributed by atoms with Crippen molar-refractivity contribution in [3.63, 3.8) is 0 Å². The quantitative estimate of drug-likeness (QED) is 0.572. The molecule has 1 aliphatic heterocycles. The molecule has 2 bridgehead atoms. The topological polar surface area (TPSA) is 109 Å². The molecule has 8 nitrogen and oxygen atoms in total. The standard InChI is InChI=1S/C21H23N3O5/c1-23-10-19-9-20(14-6-12(29-2)3-4-13(14)19)8-15-11(7-21(20,26)18(19)23)5-16(24(27)28)17(25)22-15/h3-6,13-14,18,26H,7-10H2,1-2H3,(H,22,25). The number of hydrogen-bond acceptors (Lipinski definition) is 6. The number of likely N-dealkylation sites (tertiary alicyclic amines) is 1. The van der Waals surface area contributed by atoms with Gasteiger partial charge in [0.15, 0.2) is 0 Å². The Morgan fingerprint density at radius 3 is 2.86 bits per heavy atom. The van der Waals surface area contributed by atoms with Crippen LogP contribution in [0.4, 0.5) is 5.69 Å². The normalized spacial score (nSPS) is 43.6. The van der Waals surface area contributed by atoms with Crippen LogP contribution in [0.2, 0.25) is 0 Å². The molecule has 2 heterocycles. The van der Waals surface area contributed by atoms with Crippen LogP contribution in [0.15, 0.2) is 34.8 Å². The van der Waals surface area contributed by atoms with Crippen molar-refractivity contribution in [1.29, 1.82) is 0 Å². The number of nitro groups is 1. The van der Waals surface area contributed by atoms with Crippen LogP contribution < -0.4 is 5.56 Å². The second-order valence-electron chi connectivity index (χ2n) is 9.59. The van der Waals surface area contributed by atoms with E-state index in [9.17, 15) is 20.0 Å². The molecule has 5 aliphatic rings. The SMILES string of the molecule is COC1=CC2C(C=C1)C13CN(C)C1C1(O)Cc4cc([N+](=O)[O-])c(=O)[nH]c4CC21C3. The minimum Gasteiger partial charge on any atom is -0.497 e. The van der Waals surface area contributed by atoms with Crippen LogP contribution in [-0.4, -0.2) is 52.3 Å². The van der Waals surface area contributed by atoms with Crippen LogP contribution >= 0.6 is 0 Å². The first-order valence-corrected chi connectivity index (χ1v) is 10.0. The average molecular weight is 397 g/mol. The molecule has 8 heteroatoms. The summed E-state index contributed by atoms with van der Waals surface area (Å²) in [5, 5.41) is 23.5. The number of hydrogen-bond donors (Lipinski definition) is 2. The Labute approximate surface area is 167 Å². The van der Waals surface area contributed by atoms with Gasteiger partial charge in [0.1, 0.15) is 5.76 Å². The van der Waals surface area contributed by atoms with Gasteiger partial charge in [-0.15, -0.1) is 0 Å². The lowest BCUT2D eigenvalue weighted by atomic mass is 9.49. The van der Waals surface area contributed by atoms with Gasteiger partial charge in [-0.25, -0.2) is 0 Å². The van der Waals surface area contributed by atoms with Crippen molar-refractivity contribution in [3.8, 4) is 0 Å². The molecule has 1 saturated heterocycles. The lowest BCUT2D eigenvalue weighted by Gasteiger charge is -2.65. The molecule has 6 unspecified atom stereocenters. The minimum atomic E-state index is -0.999. The molecular weight excluding hydrogens is 374 g/mol. The number of nitrogens with one attached hydrogen (secondary N) is 1. The minimum absolute atomic E-state index is 0.00525. The highest BCUT2D eigenvalue weighted by Gasteiger charge is 2.83. The van der Waals surface area contributed by atoms with Gasteiger partial charge in [-0.05, 0) is 49.4 Å². The molecule has 0 radical (unpaired) electrons. The van der Waals surface area contributed by atoms with Crippen LogP contribution in [0.3, 0.4) is 0 Å². The Morgan fingerprint density at radius 2 is 2.17 bits per heavy atom. The summed E-state index contributed by atoms with van der Waals surface area (Å²) in [7, 11) is 3.70. The second-order valence-corrected chi connectivity index (χ2v) is 9.59. The van der Waals surface area contributed by atoms with Gasteiger partial charge in [0.25, 0.3) is 0 Å². The number of rotatable bonds is 2. The lowest BCUT2D eigenvalue weighted by Crippen LogP contribution is -2.76. The third kappa shape index (κ3) is 1.73. The van der Waals surface area contributed by atoms with E-state index in [4.69, 9.17) is 4.74 Å². The first kappa shape index (κ1) is 17.4. The highest BCUT2D eigenvalue weighted by atomic mass is 16.6. The van der Waals surface area contributed by atoms with Crippen molar-refractivity contribution in [2.24, 2.45) is 22.7 Å². The zero-order valence-electron chi connectivity index (χ0n) is 16.3. The summed E-state index contributed by atoms with van der Waals surface area (Å²) in [6.45, 7) is 0.927. The van der Waals surface area contributed by atoms with Gasteiger partial charge >= 0.3 is 11.2 Å². The van der Waals surface area contributed by atoms with Gasteiger partial charge in [0, 0.05) is 41.6 Å². The number of allylic oxidation sites excluding steroid dienone is 3. The number of likely N-dealkylation sites (N-methyl/N-ethyl adjacent to an activating group) is 1. The van der Waals surface area contributed by atoms with E-state index in [0.717, 1.165) is 24.4 Å². The summed E-state index contributed by atoms with van der Waals surface area (Å²) >= 11 is 0. The summed E-state index contributed by atoms with van der Waals surface area (Å²) < 4.78 is 5.50. The van der Waals surface area contributed by atoms with Gasteiger partial charge in [0.2, 0.25) is 0 Å². The summed E-state index contributed by atoms with van der Waals surface area (Å²) in [5.74, 6) is 1.25. The number of aromatic nitrogens is 1. The van der Waals surface area contributed by atoms with E-state index < -0.39 is 27.2 Å². The molecular formula is C21H23N3O5. The zero-order chi connectivity index (χ0) is 20.3. The van der Waals surface area contributed by atoms with E-state index in [1.165, 1.54) is 6.07 Å². The molecule has 0 aromatic carbocycles. The number of aromatic amines is 1. The third-order valence-corrected chi connectivity index (χ3v) is 8.57. The summed E-state index contributed by atoms with van der Waals surface area (Å²) in [4.78, 5) is 27.9. The number of ether oxygens (including phenoxy) is 1. The van der Waals surface area contributed by atoms with Crippen LogP contribution in [0.5, 0.6) is 0 Å². The Morgan fingerprint density at radius 1 is 1.38 bits per heavy atom. The molecule has 2 saturated carbocycles. The van der Waals surface area contributed by atoms with E-state index in [1.54, 1.807) is 7.11 Å². The van der Waals surface area contributed by atoms with Crippen LogP contribution in [0, 0.1) is 32.8 Å². The number of fused-ring (bicyclic) bond motifs is 3. The highest BCUT2D eigenvalue weighted by molar-refractivity contribution is 5.48. The van der Waals surface area contributed by atoms with E-state index in [0.29, 0.717) is 24.3 Å². The molecule has 2 spiro atoms. The fourth-order valence-corrected chi connectivity index (χ4v) is 7.89. The maximum Gasteiger partial charge on any atom is 0.334 e. The monoisotopic (exact) mass is 397 g/mol.